The van der Waals surface area contributed by atoms with Crippen LogP contribution in [0.25, 0.3) is 0 Å². The molecule has 0 nitrogen and oxygen atoms in total. The first kappa shape index (κ1) is 9.04. The number of hydrogen-bond donors (Lipinski definition) is 0. The molecule has 0 radical (unpaired) electrons. The monoisotopic (exact) mass is 260 g/mol. The van der Waals surface area contributed by atoms with Crippen LogP contribution in [-0.2, 0) is 0 Å². The summed E-state index contributed by atoms with van der Waals surface area (Å²) in [6, 6.07) is 8.72. The molecule has 0 aliphatic heterocycles. The van der Waals surface area contributed by atoms with Gasteiger partial charge in [0.25, 0.3) is 0 Å². The molecule has 0 aliphatic rings. The first-order chi connectivity index (χ1) is 5.24. The van der Waals surface area contributed by atoms with Gasteiger partial charge in [0.2, 0.25) is 0 Å². The summed E-state index contributed by atoms with van der Waals surface area (Å²) in [4.78, 5) is 0. The van der Waals surface area contributed by atoms with Gasteiger partial charge in [-0.25, -0.2) is 0 Å². The van der Waals surface area contributed by atoms with Crippen molar-refractivity contribution in [3.05, 3.63) is 33.4 Å². The van der Waals surface area contributed by atoms with Crippen LogP contribution >= 0.6 is 22.6 Å². The van der Waals surface area contributed by atoms with Gasteiger partial charge in [-0.2, -0.15) is 0 Å². The highest BCUT2D eigenvalue weighted by Gasteiger charge is 2.01. The zero-order chi connectivity index (χ0) is 8.27. The molecule has 1 rings (SSSR count). The Labute approximate surface area is 82.2 Å². The molecule has 0 spiro atoms. The van der Waals surface area contributed by atoms with Crippen LogP contribution in [0.2, 0.25) is 0 Å². The third-order valence-electron chi connectivity index (χ3n) is 2.03. The van der Waals surface area contributed by atoms with E-state index in [1.807, 2.05) is 0 Å². The van der Waals surface area contributed by atoms with Crippen molar-refractivity contribution in [3.63, 3.8) is 0 Å². The van der Waals surface area contributed by atoms with E-state index in [1.165, 1.54) is 15.6 Å². The van der Waals surface area contributed by atoms with Crippen molar-refractivity contribution in [1.29, 1.82) is 0 Å². The van der Waals surface area contributed by atoms with Gasteiger partial charge in [0.1, 0.15) is 0 Å². The lowest BCUT2D eigenvalue weighted by molar-refractivity contribution is 0.733. The SMILES string of the molecule is CC[C@@H](C)c1cccc(I)c1. The highest BCUT2D eigenvalue weighted by molar-refractivity contribution is 14.1. The fraction of sp³-hybridized carbons (Fsp3) is 0.400. The van der Waals surface area contributed by atoms with Crippen LogP contribution in [0.3, 0.4) is 0 Å². The molecule has 0 bridgehead atoms. The maximum atomic E-state index is 2.36. The summed E-state index contributed by atoms with van der Waals surface area (Å²) in [5.41, 5.74) is 1.46. The topological polar surface area (TPSA) is 0 Å². The van der Waals surface area contributed by atoms with E-state index >= 15 is 0 Å². The van der Waals surface area contributed by atoms with Gasteiger partial charge < -0.3 is 0 Å². The maximum absolute atomic E-state index is 2.36. The van der Waals surface area contributed by atoms with Gasteiger partial charge in [-0.1, -0.05) is 26.0 Å². The van der Waals surface area contributed by atoms with Gasteiger partial charge in [-0.3, -0.25) is 0 Å². The van der Waals surface area contributed by atoms with Gasteiger partial charge in [0.15, 0.2) is 0 Å². The molecular weight excluding hydrogens is 247 g/mol. The van der Waals surface area contributed by atoms with E-state index in [9.17, 15) is 0 Å². The van der Waals surface area contributed by atoms with Gasteiger partial charge in [-0.05, 0) is 52.6 Å². The van der Waals surface area contributed by atoms with Crippen molar-refractivity contribution in [3.8, 4) is 0 Å². The molecule has 1 aromatic rings. The van der Waals surface area contributed by atoms with E-state index in [0.717, 1.165) is 0 Å². The van der Waals surface area contributed by atoms with Crippen LogP contribution in [0, 0.1) is 3.57 Å². The number of benzene rings is 1. The van der Waals surface area contributed by atoms with E-state index in [0.29, 0.717) is 5.92 Å². The highest BCUT2D eigenvalue weighted by Crippen LogP contribution is 2.19. The molecule has 0 aromatic heterocycles. The molecule has 0 unspecified atom stereocenters. The van der Waals surface area contributed by atoms with Crippen molar-refractivity contribution in [2.24, 2.45) is 0 Å². The molecule has 0 saturated heterocycles. The van der Waals surface area contributed by atoms with Crippen LogP contribution in [-0.4, -0.2) is 0 Å². The van der Waals surface area contributed by atoms with Crippen molar-refractivity contribution in [2.45, 2.75) is 26.2 Å². The standard InChI is InChI=1S/C10H13I/c1-3-8(2)9-5-4-6-10(11)7-9/h4-8H,3H2,1-2H3/t8-/m1/s1. The minimum absolute atomic E-state index is 0.699. The molecule has 1 atom stereocenters. The van der Waals surface area contributed by atoms with E-state index in [1.54, 1.807) is 0 Å². The second-order valence-corrected chi connectivity index (χ2v) is 4.11. The van der Waals surface area contributed by atoms with Crippen LogP contribution < -0.4 is 0 Å². The molecule has 0 N–H and O–H groups in total. The lowest BCUT2D eigenvalue weighted by Crippen LogP contribution is -1.90. The van der Waals surface area contributed by atoms with Crippen LogP contribution in [0.5, 0.6) is 0 Å². The second-order valence-electron chi connectivity index (χ2n) is 2.86. The summed E-state index contributed by atoms with van der Waals surface area (Å²) >= 11 is 2.36. The van der Waals surface area contributed by atoms with Crippen molar-refractivity contribution < 1.29 is 0 Å². The minimum Gasteiger partial charge on any atom is -0.0648 e. The van der Waals surface area contributed by atoms with Crippen LogP contribution in [0.4, 0.5) is 0 Å². The Bertz CT molecular complexity index is 230. The molecule has 0 fully saturated rings. The van der Waals surface area contributed by atoms with Crippen molar-refractivity contribution >= 4 is 22.6 Å². The average molecular weight is 260 g/mol. The average Bonchev–Trinajstić information content (AvgIpc) is 2.03. The van der Waals surface area contributed by atoms with Gasteiger partial charge in [0, 0.05) is 3.57 Å². The third-order valence-corrected chi connectivity index (χ3v) is 2.70. The number of rotatable bonds is 2. The van der Waals surface area contributed by atoms with Gasteiger partial charge in [0.05, 0.1) is 0 Å². The lowest BCUT2D eigenvalue weighted by atomic mass is 9.99. The highest BCUT2D eigenvalue weighted by atomic mass is 127. The van der Waals surface area contributed by atoms with Crippen LogP contribution in [0.1, 0.15) is 31.7 Å². The van der Waals surface area contributed by atoms with Crippen molar-refractivity contribution in [1.82, 2.24) is 0 Å². The Morgan fingerprint density at radius 1 is 1.45 bits per heavy atom. The maximum Gasteiger partial charge on any atom is 0.0133 e. The normalized spacial score (nSPS) is 13.0. The molecule has 0 saturated carbocycles. The minimum atomic E-state index is 0.699. The van der Waals surface area contributed by atoms with Gasteiger partial charge >= 0.3 is 0 Å². The molecule has 1 aromatic carbocycles. The smallest absolute Gasteiger partial charge is 0.0133 e. The Morgan fingerprint density at radius 2 is 2.18 bits per heavy atom. The second kappa shape index (κ2) is 4.10. The zero-order valence-electron chi connectivity index (χ0n) is 6.97. The predicted octanol–water partition coefficient (Wildman–Crippen LogP) is 3.80. The van der Waals surface area contributed by atoms with E-state index in [2.05, 4.69) is 60.7 Å². The summed E-state index contributed by atoms with van der Waals surface area (Å²) in [5.74, 6) is 0.699. The first-order valence-corrected chi connectivity index (χ1v) is 5.07. The largest absolute Gasteiger partial charge is 0.0648 e. The quantitative estimate of drug-likeness (QED) is 0.709. The summed E-state index contributed by atoms with van der Waals surface area (Å²) in [6.07, 6.45) is 1.22. The molecule has 1 heteroatoms. The van der Waals surface area contributed by atoms with Crippen LogP contribution in [0.15, 0.2) is 24.3 Å². The van der Waals surface area contributed by atoms with E-state index in [4.69, 9.17) is 0 Å². The molecule has 0 aliphatic carbocycles. The molecular formula is C10H13I. The summed E-state index contributed by atoms with van der Waals surface area (Å²) < 4.78 is 1.33. The first-order valence-electron chi connectivity index (χ1n) is 3.99. The number of hydrogen-bond acceptors (Lipinski definition) is 0. The Hall–Kier alpha value is -0.0500. The summed E-state index contributed by atoms with van der Waals surface area (Å²) in [5, 5.41) is 0. The lowest BCUT2D eigenvalue weighted by Gasteiger charge is -2.08. The fourth-order valence-corrected chi connectivity index (χ4v) is 1.62. The fourth-order valence-electron chi connectivity index (χ4n) is 1.05. The Balaban J connectivity index is 2.86. The molecule has 0 amide bonds. The zero-order valence-corrected chi connectivity index (χ0v) is 9.13. The molecule has 0 heterocycles. The molecule has 11 heavy (non-hydrogen) atoms. The van der Waals surface area contributed by atoms with E-state index in [-0.39, 0.29) is 0 Å². The van der Waals surface area contributed by atoms with Gasteiger partial charge in [-0.15, -0.1) is 0 Å². The van der Waals surface area contributed by atoms with Crippen molar-refractivity contribution in [2.75, 3.05) is 0 Å². The molecule has 60 valence electrons. The number of halogens is 1. The third kappa shape index (κ3) is 2.47. The van der Waals surface area contributed by atoms with E-state index < -0.39 is 0 Å². The Morgan fingerprint density at radius 3 is 2.73 bits per heavy atom. The summed E-state index contributed by atoms with van der Waals surface area (Å²) in [7, 11) is 0. The Kier molecular flexibility index (Phi) is 3.37. The predicted molar refractivity (Wildman–Crippen MR) is 57.9 cm³/mol. The summed E-state index contributed by atoms with van der Waals surface area (Å²) in [6.45, 7) is 4.50.